The molecule has 0 radical (unpaired) electrons. The molecule has 0 aliphatic heterocycles. The van der Waals surface area contributed by atoms with Crippen molar-refractivity contribution in [2.45, 2.75) is 13.8 Å². The molecule has 0 aromatic heterocycles. The number of fused-ring (bicyclic) bond motifs is 1. The van der Waals surface area contributed by atoms with Crippen LogP contribution in [-0.4, -0.2) is 4.92 Å². The van der Waals surface area contributed by atoms with E-state index in [1.165, 1.54) is 0 Å². The van der Waals surface area contributed by atoms with E-state index >= 15 is 0 Å². The van der Waals surface area contributed by atoms with Gasteiger partial charge in [0, 0.05) is 6.07 Å². The Morgan fingerprint density at radius 2 is 1.67 bits per heavy atom. The number of hydrogen-bond acceptors (Lipinski definition) is 2. The van der Waals surface area contributed by atoms with Crippen molar-refractivity contribution in [3.63, 3.8) is 0 Å². The average molecular weight is 277 g/mol. The maximum atomic E-state index is 11.3. The zero-order valence-electron chi connectivity index (χ0n) is 12.0. The smallest absolute Gasteiger partial charge is 0.258 e. The minimum atomic E-state index is -0.309. The van der Waals surface area contributed by atoms with Crippen molar-refractivity contribution in [1.82, 2.24) is 0 Å². The van der Waals surface area contributed by atoms with Gasteiger partial charge in [-0.15, -0.1) is 0 Å². The SMILES string of the molecule is Cc1cccc([N+](=O)[O-])c1-c1ccc2ccccc2c1C. The van der Waals surface area contributed by atoms with Crippen molar-refractivity contribution in [1.29, 1.82) is 0 Å². The van der Waals surface area contributed by atoms with Gasteiger partial charge in [-0.25, -0.2) is 0 Å². The lowest BCUT2D eigenvalue weighted by atomic mass is 9.92. The normalized spacial score (nSPS) is 10.8. The van der Waals surface area contributed by atoms with Gasteiger partial charge in [-0.2, -0.15) is 0 Å². The quantitative estimate of drug-likeness (QED) is 0.487. The molecule has 3 nitrogen and oxygen atoms in total. The number of rotatable bonds is 2. The summed E-state index contributed by atoms with van der Waals surface area (Å²) < 4.78 is 0. The van der Waals surface area contributed by atoms with Crippen LogP contribution in [0.15, 0.2) is 54.6 Å². The van der Waals surface area contributed by atoms with E-state index in [9.17, 15) is 10.1 Å². The van der Waals surface area contributed by atoms with Crippen LogP contribution >= 0.6 is 0 Å². The van der Waals surface area contributed by atoms with Gasteiger partial charge < -0.3 is 0 Å². The lowest BCUT2D eigenvalue weighted by molar-refractivity contribution is -0.384. The van der Waals surface area contributed by atoms with Gasteiger partial charge in [0.2, 0.25) is 0 Å². The summed E-state index contributed by atoms with van der Waals surface area (Å²) in [5.74, 6) is 0. The van der Waals surface area contributed by atoms with Gasteiger partial charge in [-0.1, -0.05) is 48.5 Å². The van der Waals surface area contributed by atoms with Crippen molar-refractivity contribution in [2.24, 2.45) is 0 Å². The molecular weight excluding hydrogens is 262 g/mol. The Bertz CT molecular complexity index is 853. The Kier molecular flexibility index (Phi) is 3.18. The van der Waals surface area contributed by atoms with Crippen LogP contribution in [0.5, 0.6) is 0 Å². The topological polar surface area (TPSA) is 43.1 Å². The maximum Gasteiger partial charge on any atom is 0.277 e. The van der Waals surface area contributed by atoms with Gasteiger partial charge in [0.25, 0.3) is 5.69 Å². The second-order valence-corrected chi connectivity index (χ2v) is 5.19. The first-order chi connectivity index (χ1) is 10.1. The second-order valence-electron chi connectivity index (χ2n) is 5.19. The van der Waals surface area contributed by atoms with E-state index in [0.717, 1.165) is 27.5 Å². The third kappa shape index (κ3) is 2.17. The lowest BCUT2D eigenvalue weighted by Crippen LogP contribution is -1.96. The molecule has 0 N–H and O–H groups in total. The van der Waals surface area contributed by atoms with Crippen molar-refractivity contribution in [2.75, 3.05) is 0 Å². The molecule has 0 heterocycles. The number of nitro groups is 1. The Morgan fingerprint density at radius 1 is 0.905 bits per heavy atom. The monoisotopic (exact) mass is 277 g/mol. The number of hydrogen-bond donors (Lipinski definition) is 0. The van der Waals surface area contributed by atoms with Crippen molar-refractivity contribution < 1.29 is 4.92 Å². The van der Waals surface area contributed by atoms with Crippen LogP contribution in [0.25, 0.3) is 21.9 Å². The summed E-state index contributed by atoms with van der Waals surface area (Å²) in [6.07, 6.45) is 0. The Labute approximate surface area is 123 Å². The van der Waals surface area contributed by atoms with Gasteiger partial charge in [0.05, 0.1) is 10.5 Å². The highest BCUT2D eigenvalue weighted by Crippen LogP contribution is 2.37. The Morgan fingerprint density at radius 3 is 2.43 bits per heavy atom. The molecule has 21 heavy (non-hydrogen) atoms. The minimum Gasteiger partial charge on any atom is -0.258 e. The summed E-state index contributed by atoms with van der Waals surface area (Å²) in [6.45, 7) is 3.94. The molecule has 0 unspecified atom stereocenters. The van der Waals surface area contributed by atoms with E-state index in [2.05, 4.69) is 12.1 Å². The fraction of sp³-hybridized carbons (Fsp3) is 0.111. The highest BCUT2D eigenvalue weighted by Gasteiger charge is 2.19. The largest absolute Gasteiger partial charge is 0.277 e. The molecule has 0 aliphatic carbocycles. The highest BCUT2D eigenvalue weighted by molar-refractivity contribution is 5.93. The summed E-state index contributed by atoms with van der Waals surface area (Å²) in [6, 6.07) is 17.3. The maximum absolute atomic E-state index is 11.3. The van der Waals surface area contributed by atoms with Gasteiger partial charge >= 0.3 is 0 Å². The molecule has 3 heteroatoms. The van der Waals surface area contributed by atoms with Crippen LogP contribution in [0.3, 0.4) is 0 Å². The molecule has 3 aromatic rings. The van der Waals surface area contributed by atoms with Crippen molar-refractivity contribution in [3.05, 3.63) is 75.8 Å². The summed E-state index contributed by atoms with van der Waals surface area (Å²) in [5, 5.41) is 13.6. The van der Waals surface area contributed by atoms with Gasteiger partial charge in [-0.3, -0.25) is 10.1 Å². The number of aryl methyl sites for hydroxylation is 2. The van der Waals surface area contributed by atoms with Crippen LogP contribution in [0, 0.1) is 24.0 Å². The molecule has 104 valence electrons. The fourth-order valence-corrected chi connectivity index (χ4v) is 2.85. The Hall–Kier alpha value is -2.68. The zero-order chi connectivity index (χ0) is 15.0. The average Bonchev–Trinajstić information content (AvgIpc) is 2.48. The molecule has 0 fully saturated rings. The summed E-state index contributed by atoms with van der Waals surface area (Å²) in [7, 11) is 0. The van der Waals surface area contributed by atoms with Crippen LogP contribution < -0.4 is 0 Å². The molecule has 0 aliphatic rings. The van der Waals surface area contributed by atoms with E-state index < -0.39 is 0 Å². The van der Waals surface area contributed by atoms with Crippen molar-refractivity contribution >= 4 is 16.5 Å². The predicted molar refractivity (Wildman–Crippen MR) is 85.5 cm³/mol. The van der Waals surface area contributed by atoms with Crippen LogP contribution in [0.2, 0.25) is 0 Å². The summed E-state index contributed by atoms with van der Waals surface area (Å²) in [5.41, 5.74) is 3.80. The molecule has 0 bridgehead atoms. The third-order valence-corrected chi connectivity index (χ3v) is 3.92. The van der Waals surface area contributed by atoms with Crippen molar-refractivity contribution in [3.8, 4) is 11.1 Å². The minimum absolute atomic E-state index is 0.161. The first-order valence-electron chi connectivity index (χ1n) is 6.82. The first kappa shape index (κ1) is 13.3. The number of benzene rings is 3. The van der Waals surface area contributed by atoms with Gasteiger partial charge in [-0.05, 0) is 41.3 Å². The molecule has 3 rings (SSSR count). The van der Waals surface area contributed by atoms with Crippen LogP contribution in [0.4, 0.5) is 5.69 Å². The zero-order valence-corrected chi connectivity index (χ0v) is 12.0. The van der Waals surface area contributed by atoms with Crippen LogP contribution in [0.1, 0.15) is 11.1 Å². The summed E-state index contributed by atoms with van der Waals surface area (Å²) in [4.78, 5) is 11.0. The van der Waals surface area contributed by atoms with Crippen LogP contribution in [-0.2, 0) is 0 Å². The van der Waals surface area contributed by atoms with E-state index in [1.807, 2.05) is 44.2 Å². The molecule has 0 spiro atoms. The number of nitrogens with zero attached hydrogens (tertiary/aromatic N) is 1. The van der Waals surface area contributed by atoms with E-state index in [-0.39, 0.29) is 10.6 Å². The molecular formula is C18H15NO2. The molecule has 3 aromatic carbocycles. The third-order valence-electron chi connectivity index (χ3n) is 3.92. The van der Waals surface area contributed by atoms with E-state index in [4.69, 9.17) is 0 Å². The first-order valence-corrected chi connectivity index (χ1v) is 6.82. The number of nitro benzene ring substituents is 1. The standard InChI is InChI=1S/C18H15NO2/c1-12-6-5-9-17(19(20)21)18(12)16-11-10-14-7-3-4-8-15(14)13(16)2/h3-11H,1-2H3. The van der Waals surface area contributed by atoms with Gasteiger partial charge in [0.15, 0.2) is 0 Å². The fourth-order valence-electron chi connectivity index (χ4n) is 2.85. The molecule has 0 amide bonds. The lowest BCUT2D eigenvalue weighted by Gasteiger charge is -2.12. The predicted octanol–water partition coefficient (Wildman–Crippen LogP) is 5.03. The van der Waals surface area contributed by atoms with E-state index in [0.29, 0.717) is 5.56 Å². The van der Waals surface area contributed by atoms with E-state index in [1.54, 1.807) is 12.1 Å². The molecule has 0 saturated carbocycles. The molecule has 0 atom stereocenters. The second kappa shape index (κ2) is 5.02. The summed E-state index contributed by atoms with van der Waals surface area (Å²) >= 11 is 0. The molecule has 0 saturated heterocycles. The Balaban J connectivity index is 2.36. The van der Waals surface area contributed by atoms with Gasteiger partial charge in [0.1, 0.15) is 0 Å². The highest BCUT2D eigenvalue weighted by atomic mass is 16.6.